The lowest BCUT2D eigenvalue weighted by Gasteiger charge is -2.29. The lowest BCUT2D eigenvalue weighted by molar-refractivity contribution is -0.154. The van der Waals surface area contributed by atoms with Gasteiger partial charge in [0.15, 0.2) is 0 Å². The molecule has 1 aromatic carbocycles. The molecule has 0 spiro atoms. The molecule has 5 nitrogen and oxygen atoms in total. The van der Waals surface area contributed by atoms with Crippen molar-refractivity contribution in [1.82, 2.24) is 0 Å². The van der Waals surface area contributed by atoms with E-state index in [0.717, 1.165) is 51.4 Å². The maximum absolute atomic E-state index is 12.9. The van der Waals surface area contributed by atoms with E-state index in [-0.39, 0.29) is 25.4 Å². The Morgan fingerprint density at radius 3 is 1.64 bits per heavy atom. The first-order valence-corrected chi connectivity index (χ1v) is 13.8. The summed E-state index contributed by atoms with van der Waals surface area (Å²) in [6.07, 6.45) is 0.0354. The number of halogens is 6. The fraction of sp³-hybridized carbons (Fsp3) is 0.786. The summed E-state index contributed by atoms with van der Waals surface area (Å²) in [7, 11) is 0. The van der Waals surface area contributed by atoms with Gasteiger partial charge in [0.05, 0.1) is 44.0 Å². The van der Waals surface area contributed by atoms with Crippen LogP contribution in [0.25, 0.3) is 0 Å². The van der Waals surface area contributed by atoms with Crippen LogP contribution < -0.4 is 5.73 Å². The van der Waals surface area contributed by atoms with E-state index in [1.54, 1.807) is 24.3 Å². The molecule has 0 radical (unpaired) electrons. The van der Waals surface area contributed by atoms with Gasteiger partial charge in [-0.2, -0.15) is 36.6 Å². The summed E-state index contributed by atoms with van der Waals surface area (Å²) in [6, 6.07) is 8.78. The van der Waals surface area contributed by atoms with Gasteiger partial charge in [0.1, 0.15) is 5.54 Å². The molecule has 1 aromatic rings. The Bertz CT molecular complexity index is 836. The van der Waals surface area contributed by atoms with Crippen LogP contribution in [0.5, 0.6) is 0 Å². The average molecular weight is 568 g/mol. The molecule has 2 aliphatic carbocycles. The first-order chi connectivity index (χ1) is 18.1. The minimum Gasteiger partial charge on any atom is -0.376 e. The van der Waals surface area contributed by atoms with Gasteiger partial charge in [-0.05, 0) is 51.7 Å². The van der Waals surface area contributed by atoms with Crippen molar-refractivity contribution in [1.29, 1.82) is 0 Å². The van der Waals surface area contributed by atoms with Gasteiger partial charge in [0.25, 0.3) is 0 Å². The second-order valence-corrected chi connectivity index (χ2v) is 11.4. The van der Waals surface area contributed by atoms with Crippen molar-refractivity contribution in [2.45, 2.75) is 127 Å². The summed E-state index contributed by atoms with van der Waals surface area (Å²) < 4.78 is 86.4. The molecule has 0 heterocycles. The molecule has 224 valence electrons. The third-order valence-electron chi connectivity index (χ3n) is 6.73. The third kappa shape index (κ3) is 15.6. The van der Waals surface area contributed by atoms with Crippen LogP contribution >= 0.6 is 0 Å². The van der Waals surface area contributed by atoms with Crippen LogP contribution in [0, 0.1) is 0 Å². The highest BCUT2D eigenvalue weighted by atomic mass is 19.4. The Balaban J connectivity index is 0.000000293. The number of hydrogen-bond donors (Lipinski definition) is 1. The summed E-state index contributed by atoms with van der Waals surface area (Å²) in [5.74, 6) is 0. The van der Waals surface area contributed by atoms with Crippen LogP contribution in [0.4, 0.5) is 32.0 Å². The summed E-state index contributed by atoms with van der Waals surface area (Å²) in [4.78, 5) is 0. The summed E-state index contributed by atoms with van der Waals surface area (Å²) in [6.45, 7) is 2.77. The maximum Gasteiger partial charge on any atom is 0.391 e. The number of azo groups is 1. The van der Waals surface area contributed by atoms with Gasteiger partial charge in [-0.15, -0.1) is 0 Å². The smallest absolute Gasteiger partial charge is 0.376 e. The van der Waals surface area contributed by atoms with Gasteiger partial charge in [0, 0.05) is 5.54 Å². The van der Waals surface area contributed by atoms with Gasteiger partial charge in [-0.3, -0.25) is 0 Å². The highest BCUT2D eigenvalue weighted by Gasteiger charge is 2.41. The van der Waals surface area contributed by atoms with Crippen LogP contribution in [0.15, 0.2) is 40.6 Å². The quantitative estimate of drug-likeness (QED) is 0.227. The number of benzene rings is 1. The lowest BCUT2D eigenvalue weighted by atomic mass is 9.96. The average Bonchev–Trinajstić information content (AvgIpc) is 2.85. The van der Waals surface area contributed by atoms with E-state index in [2.05, 4.69) is 10.2 Å². The first kappa shape index (κ1) is 33.5. The molecule has 11 heteroatoms. The monoisotopic (exact) mass is 567 g/mol. The zero-order valence-corrected chi connectivity index (χ0v) is 23.0. The molecule has 3 rings (SSSR count). The van der Waals surface area contributed by atoms with E-state index in [9.17, 15) is 26.3 Å². The Morgan fingerprint density at radius 1 is 0.718 bits per heavy atom. The minimum absolute atomic E-state index is 0.0167. The summed E-state index contributed by atoms with van der Waals surface area (Å²) in [5.41, 5.74) is 3.41. The normalized spacial score (nSPS) is 21.2. The maximum atomic E-state index is 12.9. The van der Waals surface area contributed by atoms with Gasteiger partial charge in [-0.25, -0.2) is 0 Å². The molecule has 2 N–H and O–H groups in total. The standard InChI is InChI=1S/C17H23F3N2O.C11H20F3NO/c1-16(12-17(18,19)20,13-23-15-10-6-3-7-11-15)22-21-14-8-4-2-5-9-14;1-10(15,7-11(12,13)14)8-16-9-5-3-2-4-6-9/h2,4-5,8-9,15H,3,6-7,10-13H2,1H3;9H,2-8,15H2,1H3. The van der Waals surface area contributed by atoms with Crippen molar-refractivity contribution in [2.24, 2.45) is 16.0 Å². The van der Waals surface area contributed by atoms with Crippen molar-refractivity contribution in [3.05, 3.63) is 30.3 Å². The van der Waals surface area contributed by atoms with Crippen molar-refractivity contribution < 1.29 is 35.8 Å². The highest BCUT2D eigenvalue weighted by molar-refractivity contribution is 5.34. The molecular weight excluding hydrogens is 524 g/mol. The second-order valence-electron chi connectivity index (χ2n) is 11.4. The van der Waals surface area contributed by atoms with Crippen LogP contribution in [-0.2, 0) is 9.47 Å². The molecule has 2 atom stereocenters. The fourth-order valence-electron chi connectivity index (χ4n) is 4.80. The Hall–Kier alpha value is -1.72. The number of nitrogens with two attached hydrogens (primary N) is 1. The second kappa shape index (κ2) is 15.3. The SMILES string of the molecule is CC(COC1CCCCC1)(CC(F)(F)F)N=Nc1ccccc1.CC(N)(COC1CCCCC1)CC(F)(F)F. The van der Waals surface area contributed by atoms with E-state index >= 15 is 0 Å². The number of ether oxygens (including phenoxy) is 2. The largest absolute Gasteiger partial charge is 0.391 e. The summed E-state index contributed by atoms with van der Waals surface area (Å²) >= 11 is 0. The molecule has 39 heavy (non-hydrogen) atoms. The van der Waals surface area contributed by atoms with Crippen molar-refractivity contribution >= 4 is 5.69 Å². The molecule has 0 aromatic heterocycles. The zero-order valence-electron chi connectivity index (χ0n) is 23.0. The van der Waals surface area contributed by atoms with Crippen LogP contribution in [0.1, 0.15) is 90.9 Å². The highest BCUT2D eigenvalue weighted by Crippen LogP contribution is 2.33. The van der Waals surface area contributed by atoms with E-state index < -0.39 is 36.3 Å². The number of alkyl halides is 6. The predicted molar refractivity (Wildman–Crippen MR) is 139 cm³/mol. The minimum atomic E-state index is -4.31. The van der Waals surface area contributed by atoms with Crippen molar-refractivity contribution in [3.8, 4) is 0 Å². The van der Waals surface area contributed by atoms with Crippen LogP contribution in [-0.4, -0.2) is 48.9 Å². The molecule has 0 saturated heterocycles. The first-order valence-electron chi connectivity index (χ1n) is 13.8. The molecule has 0 bridgehead atoms. The topological polar surface area (TPSA) is 69.2 Å². The van der Waals surface area contributed by atoms with Gasteiger partial charge in [0.2, 0.25) is 0 Å². The van der Waals surface area contributed by atoms with Gasteiger partial charge in [-0.1, -0.05) is 56.7 Å². The van der Waals surface area contributed by atoms with Crippen LogP contribution in [0.3, 0.4) is 0 Å². The Labute approximate surface area is 227 Å². The van der Waals surface area contributed by atoms with E-state index in [1.807, 2.05) is 6.07 Å². The fourth-order valence-corrected chi connectivity index (χ4v) is 4.80. The number of hydrogen-bond acceptors (Lipinski definition) is 5. The number of nitrogens with zero attached hydrogens (tertiary/aromatic N) is 2. The number of rotatable bonds is 10. The molecule has 2 fully saturated rings. The summed E-state index contributed by atoms with van der Waals surface area (Å²) in [5, 5.41) is 7.95. The molecule has 2 unspecified atom stereocenters. The molecule has 2 aliphatic rings. The molecular formula is C28H43F6N3O2. The van der Waals surface area contributed by atoms with E-state index in [1.165, 1.54) is 26.7 Å². The lowest BCUT2D eigenvalue weighted by Crippen LogP contribution is -2.46. The predicted octanol–water partition coefficient (Wildman–Crippen LogP) is 8.84. The Kier molecular flexibility index (Phi) is 13.2. The van der Waals surface area contributed by atoms with Gasteiger partial charge >= 0.3 is 12.4 Å². The van der Waals surface area contributed by atoms with E-state index in [4.69, 9.17) is 15.2 Å². The van der Waals surface area contributed by atoms with E-state index in [0.29, 0.717) is 5.69 Å². The zero-order chi connectivity index (χ0) is 29.0. The van der Waals surface area contributed by atoms with Gasteiger partial charge < -0.3 is 15.2 Å². The Morgan fingerprint density at radius 2 is 1.18 bits per heavy atom. The molecule has 0 aliphatic heterocycles. The van der Waals surface area contributed by atoms with Crippen LogP contribution in [0.2, 0.25) is 0 Å². The van der Waals surface area contributed by atoms with Crippen molar-refractivity contribution in [2.75, 3.05) is 13.2 Å². The van der Waals surface area contributed by atoms with Crippen molar-refractivity contribution in [3.63, 3.8) is 0 Å². The molecule has 2 saturated carbocycles. The third-order valence-corrected chi connectivity index (χ3v) is 6.73. The molecule has 0 amide bonds.